The van der Waals surface area contributed by atoms with Crippen LogP contribution >= 0.6 is 23.8 Å². The lowest BCUT2D eigenvalue weighted by Gasteiger charge is -2.27. The highest BCUT2D eigenvalue weighted by Gasteiger charge is 2.13. The van der Waals surface area contributed by atoms with Crippen molar-refractivity contribution in [1.82, 2.24) is 10.2 Å². The summed E-state index contributed by atoms with van der Waals surface area (Å²) in [5, 5.41) is 5.05. The Morgan fingerprint density at radius 2 is 2.00 bits per heavy atom. The largest absolute Gasteiger partial charge is 0.362 e. The Balaban J connectivity index is 1.97. The fourth-order valence-corrected chi connectivity index (χ4v) is 3.24. The molecule has 2 rings (SSSR count). The first-order valence-electron chi connectivity index (χ1n) is 8.99. The zero-order valence-corrected chi connectivity index (χ0v) is 16.4. The number of hydrogen-bond acceptors (Lipinski definition) is 1. The molecule has 24 heavy (non-hydrogen) atoms. The van der Waals surface area contributed by atoms with Crippen LogP contribution in [-0.2, 0) is 6.54 Å². The van der Waals surface area contributed by atoms with Gasteiger partial charge in [0.1, 0.15) is 0 Å². The van der Waals surface area contributed by atoms with E-state index in [1.54, 1.807) is 5.57 Å². The Bertz CT molecular complexity index is 551. The third-order valence-corrected chi connectivity index (χ3v) is 4.98. The van der Waals surface area contributed by atoms with Crippen molar-refractivity contribution >= 4 is 28.9 Å². The molecule has 0 aliphatic heterocycles. The molecule has 1 aromatic carbocycles. The molecule has 1 aliphatic carbocycles. The summed E-state index contributed by atoms with van der Waals surface area (Å²) in [6, 6.07) is 8.06. The summed E-state index contributed by atoms with van der Waals surface area (Å²) in [5.74, 6) is 0.585. The third-order valence-electron chi connectivity index (χ3n) is 4.32. The van der Waals surface area contributed by atoms with Crippen molar-refractivity contribution in [3.05, 3.63) is 46.5 Å². The van der Waals surface area contributed by atoms with Crippen molar-refractivity contribution in [2.75, 3.05) is 13.1 Å². The molecule has 1 N–H and O–H groups in total. The van der Waals surface area contributed by atoms with Crippen LogP contribution in [0.25, 0.3) is 0 Å². The quantitative estimate of drug-likeness (QED) is 0.503. The van der Waals surface area contributed by atoms with Crippen molar-refractivity contribution in [2.24, 2.45) is 5.92 Å². The van der Waals surface area contributed by atoms with Crippen LogP contribution in [0.1, 0.15) is 51.5 Å². The summed E-state index contributed by atoms with van der Waals surface area (Å²) in [6.45, 7) is 7.11. The zero-order chi connectivity index (χ0) is 17.4. The van der Waals surface area contributed by atoms with E-state index in [1.165, 1.54) is 31.2 Å². The lowest BCUT2D eigenvalue weighted by atomic mass is 9.97. The highest BCUT2D eigenvalue weighted by atomic mass is 35.5. The molecule has 0 unspecified atom stereocenters. The normalized spacial score (nSPS) is 14.4. The van der Waals surface area contributed by atoms with Crippen LogP contribution in [-0.4, -0.2) is 23.1 Å². The van der Waals surface area contributed by atoms with E-state index in [1.807, 2.05) is 12.1 Å². The zero-order valence-electron chi connectivity index (χ0n) is 14.9. The molecule has 4 heteroatoms. The molecule has 0 bridgehead atoms. The molecule has 1 aromatic rings. The van der Waals surface area contributed by atoms with E-state index in [0.717, 1.165) is 36.2 Å². The van der Waals surface area contributed by atoms with Gasteiger partial charge in [-0.25, -0.2) is 0 Å². The summed E-state index contributed by atoms with van der Waals surface area (Å²) < 4.78 is 0. The number of thiocarbonyl (C=S) groups is 1. The molecular formula is C20H29ClN2S. The Morgan fingerprint density at radius 1 is 1.25 bits per heavy atom. The minimum Gasteiger partial charge on any atom is -0.362 e. The van der Waals surface area contributed by atoms with Crippen LogP contribution in [0.15, 0.2) is 35.9 Å². The fourth-order valence-electron chi connectivity index (χ4n) is 2.88. The van der Waals surface area contributed by atoms with Gasteiger partial charge in [0.2, 0.25) is 0 Å². The van der Waals surface area contributed by atoms with Crippen LogP contribution in [0.4, 0.5) is 0 Å². The maximum atomic E-state index is 6.00. The Morgan fingerprint density at radius 3 is 2.62 bits per heavy atom. The second-order valence-electron chi connectivity index (χ2n) is 6.99. The van der Waals surface area contributed by atoms with Crippen LogP contribution < -0.4 is 5.32 Å². The highest BCUT2D eigenvalue weighted by molar-refractivity contribution is 7.80. The second kappa shape index (κ2) is 10.0. The third kappa shape index (κ3) is 6.82. The van der Waals surface area contributed by atoms with Gasteiger partial charge in [0.05, 0.1) is 0 Å². The number of halogens is 1. The van der Waals surface area contributed by atoms with Gasteiger partial charge in [-0.05, 0) is 67.9 Å². The van der Waals surface area contributed by atoms with E-state index in [-0.39, 0.29) is 0 Å². The predicted molar refractivity (Wildman–Crippen MR) is 108 cm³/mol. The first-order chi connectivity index (χ1) is 11.5. The standard InChI is InChI=1S/C20H29ClN2S/c1-16(2)14-22-20(24)23(13-12-17-6-4-3-5-7-17)15-18-8-10-19(21)11-9-18/h6,8-11,16H,3-5,7,12-15H2,1-2H3,(H,22,24). The lowest BCUT2D eigenvalue weighted by Crippen LogP contribution is -2.41. The average molecular weight is 365 g/mol. The molecule has 0 heterocycles. The summed E-state index contributed by atoms with van der Waals surface area (Å²) in [4.78, 5) is 2.29. The van der Waals surface area contributed by atoms with Crippen molar-refractivity contribution in [1.29, 1.82) is 0 Å². The molecule has 2 nitrogen and oxygen atoms in total. The van der Waals surface area contributed by atoms with Crippen LogP contribution in [0.3, 0.4) is 0 Å². The maximum absolute atomic E-state index is 6.00. The van der Waals surface area contributed by atoms with Gasteiger partial charge in [-0.1, -0.05) is 49.2 Å². The molecule has 0 aromatic heterocycles. The van der Waals surface area contributed by atoms with Gasteiger partial charge >= 0.3 is 0 Å². The summed E-state index contributed by atoms with van der Waals surface area (Å²) in [6.07, 6.45) is 8.70. The van der Waals surface area contributed by atoms with Crippen molar-refractivity contribution in [3.8, 4) is 0 Å². The number of rotatable bonds is 7. The molecule has 0 saturated heterocycles. The van der Waals surface area contributed by atoms with E-state index in [2.05, 4.69) is 42.3 Å². The van der Waals surface area contributed by atoms with E-state index >= 15 is 0 Å². The van der Waals surface area contributed by atoms with Crippen molar-refractivity contribution in [3.63, 3.8) is 0 Å². The molecule has 0 fully saturated rings. The van der Waals surface area contributed by atoms with E-state index in [9.17, 15) is 0 Å². The van der Waals surface area contributed by atoms with E-state index < -0.39 is 0 Å². The highest BCUT2D eigenvalue weighted by Crippen LogP contribution is 2.21. The molecule has 0 saturated carbocycles. The smallest absolute Gasteiger partial charge is 0.169 e. The van der Waals surface area contributed by atoms with Gasteiger partial charge in [0.25, 0.3) is 0 Å². The minimum absolute atomic E-state index is 0.585. The fraction of sp³-hybridized carbons (Fsp3) is 0.550. The van der Waals surface area contributed by atoms with Crippen molar-refractivity contribution in [2.45, 2.75) is 52.5 Å². The minimum atomic E-state index is 0.585. The number of hydrogen-bond donors (Lipinski definition) is 1. The first-order valence-corrected chi connectivity index (χ1v) is 9.78. The Hall–Kier alpha value is -1.06. The Labute approximate surface area is 157 Å². The monoisotopic (exact) mass is 364 g/mol. The summed E-state index contributed by atoms with van der Waals surface area (Å²) in [7, 11) is 0. The number of allylic oxidation sites excluding steroid dienone is 1. The van der Waals surface area contributed by atoms with E-state index in [0.29, 0.717) is 5.92 Å². The first kappa shape index (κ1) is 19.3. The second-order valence-corrected chi connectivity index (χ2v) is 7.81. The van der Waals surface area contributed by atoms with Crippen molar-refractivity contribution < 1.29 is 0 Å². The number of benzene rings is 1. The molecule has 0 radical (unpaired) electrons. The molecule has 1 aliphatic rings. The van der Waals surface area contributed by atoms with Gasteiger partial charge < -0.3 is 10.2 Å². The van der Waals surface area contributed by atoms with Gasteiger partial charge in [0, 0.05) is 24.7 Å². The van der Waals surface area contributed by atoms with Gasteiger partial charge in [-0.2, -0.15) is 0 Å². The molecular weight excluding hydrogens is 336 g/mol. The Kier molecular flexibility index (Phi) is 8.07. The van der Waals surface area contributed by atoms with Crippen LogP contribution in [0.5, 0.6) is 0 Å². The SMILES string of the molecule is CC(C)CNC(=S)N(CCC1=CCCCC1)Cc1ccc(Cl)cc1. The molecule has 0 atom stereocenters. The van der Waals surface area contributed by atoms with Crippen LogP contribution in [0.2, 0.25) is 5.02 Å². The number of nitrogens with zero attached hydrogens (tertiary/aromatic N) is 1. The maximum Gasteiger partial charge on any atom is 0.169 e. The summed E-state index contributed by atoms with van der Waals surface area (Å²) in [5.41, 5.74) is 2.83. The number of nitrogens with one attached hydrogen (secondary N) is 1. The topological polar surface area (TPSA) is 15.3 Å². The van der Waals surface area contributed by atoms with Crippen LogP contribution in [0, 0.1) is 5.92 Å². The summed E-state index contributed by atoms with van der Waals surface area (Å²) >= 11 is 11.7. The van der Waals surface area contributed by atoms with Gasteiger partial charge in [-0.3, -0.25) is 0 Å². The van der Waals surface area contributed by atoms with E-state index in [4.69, 9.17) is 23.8 Å². The van der Waals surface area contributed by atoms with Gasteiger partial charge in [-0.15, -0.1) is 0 Å². The molecule has 0 spiro atoms. The predicted octanol–water partition coefficient (Wildman–Crippen LogP) is 5.56. The lowest BCUT2D eigenvalue weighted by molar-refractivity contribution is 0.401. The van der Waals surface area contributed by atoms with Gasteiger partial charge in [0.15, 0.2) is 5.11 Å². The molecule has 132 valence electrons. The average Bonchev–Trinajstić information content (AvgIpc) is 2.59. The molecule has 0 amide bonds.